The predicted octanol–water partition coefficient (Wildman–Crippen LogP) is 2.76. The summed E-state index contributed by atoms with van der Waals surface area (Å²) in [6.07, 6.45) is 0.416. The summed E-state index contributed by atoms with van der Waals surface area (Å²) in [5.41, 5.74) is 3.59. The normalized spacial score (nSPS) is 12.1. The number of furan rings is 1. The van der Waals surface area contributed by atoms with Gasteiger partial charge in [-0.15, -0.1) is 0 Å². The maximum atomic E-state index is 12.1. The van der Waals surface area contributed by atoms with Crippen LogP contribution in [0.5, 0.6) is 0 Å². The van der Waals surface area contributed by atoms with Crippen LogP contribution in [0.25, 0.3) is 11.0 Å². The lowest BCUT2D eigenvalue weighted by Gasteiger charge is -2.14. The van der Waals surface area contributed by atoms with E-state index in [1.165, 1.54) is 13.2 Å². The quantitative estimate of drug-likeness (QED) is 0.799. The summed E-state index contributed by atoms with van der Waals surface area (Å²) in [4.78, 5) is 35.6. The van der Waals surface area contributed by atoms with Gasteiger partial charge in [-0.2, -0.15) is 0 Å². The van der Waals surface area contributed by atoms with E-state index in [9.17, 15) is 14.4 Å². The summed E-state index contributed by atoms with van der Waals surface area (Å²) in [6, 6.07) is 3.15. The number of esters is 1. The Labute approximate surface area is 152 Å². The van der Waals surface area contributed by atoms with Gasteiger partial charge in [-0.3, -0.25) is 14.9 Å². The van der Waals surface area contributed by atoms with Crippen LogP contribution in [-0.4, -0.2) is 30.1 Å². The number of nitrogens with one attached hydrogen (secondary N) is 2. The van der Waals surface area contributed by atoms with Gasteiger partial charge in [0, 0.05) is 17.0 Å². The van der Waals surface area contributed by atoms with E-state index in [2.05, 4.69) is 10.6 Å². The third-order valence-electron chi connectivity index (χ3n) is 3.94. The molecule has 0 saturated carbocycles. The minimum absolute atomic E-state index is 0.0225. The lowest BCUT2D eigenvalue weighted by molar-refractivity contribution is -0.153. The molecule has 0 fully saturated rings. The second-order valence-corrected chi connectivity index (χ2v) is 6.62. The summed E-state index contributed by atoms with van der Waals surface area (Å²) in [5, 5.41) is 5.50. The molecule has 2 rings (SSSR count). The summed E-state index contributed by atoms with van der Waals surface area (Å²) in [7, 11) is 0. The van der Waals surface area contributed by atoms with Crippen LogP contribution >= 0.6 is 0 Å². The van der Waals surface area contributed by atoms with Gasteiger partial charge >= 0.3 is 12.0 Å². The van der Waals surface area contributed by atoms with Crippen molar-refractivity contribution < 1.29 is 23.5 Å². The van der Waals surface area contributed by atoms with E-state index in [4.69, 9.17) is 9.15 Å². The molecule has 0 aliphatic carbocycles. The molecule has 7 heteroatoms. The van der Waals surface area contributed by atoms with Crippen LogP contribution in [0.2, 0.25) is 0 Å². The van der Waals surface area contributed by atoms with E-state index in [0.717, 1.165) is 16.5 Å². The monoisotopic (exact) mass is 360 g/mol. The standard InChI is InChI=1S/C19H24N2O5/c1-10(2)20-19(24)21-18(23)13(5)26-17(22)8-14-9-25-16-7-12(4)11(3)6-15(14)16/h6-7,9-10,13H,8H2,1-5H3,(H2,20,21,23,24)/t13-/m1/s1. The SMILES string of the molecule is Cc1cc2occ(CC(=O)O[C@H](C)C(=O)NC(=O)NC(C)C)c2cc1C. The number of hydrogen-bond donors (Lipinski definition) is 2. The summed E-state index contributed by atoms with van der Waals surface area (Å²) in [5.74, 6) is -1.25. The largest absolute Gasteiger partial charge is 0.464 e. The highest BCUT2D eigenvalue weighted by atomic mass is 16.5. The van der Waals surface area contributed by atoms with E-state index >= 15 is 0 Å². The minimum atomic E-state index is -1.08. The first-order valence-electron chi connectivity index (χ1n) is 8.45. The highest BCUT2D eigenvalue weighted by molar-refractivity contribution is 5.97. The Hall–Kier alpha value is -2.83. The number of amides is 3. The molecule has 0 spiro atoms. The number of urea groups is 1. The predicted molar refractivity (Wildman–Crippen MR) is 96.8 cm³/mol. The summed E-state index contributed by atoms with van der Waals surface area (Å²) < 4.78 is 10.6. The number of fused-ring (bicyclic) bond motifs is 1. The van der Waals surface area contributed by atoms with Gasteiger partial charge in [0.15, 0.2) is 6.10 Å². The number of benzene rings is 1. The first-order chi connectivity index (χ1) is 12.2. The van der Waals surface area contributed by atoms with Crippen LogP contribution < -0.4 is 10.6 Å². The number of aryl methyl sites for hydroxylation is 2. The van der Waals surface area contributed by atoms with Crippen molar-refractivity contribution in [3.05, 3.63) is 35.1 Å². The van der Waals surface area contributed by atoms with E-state index < -0.39 is 24.0 Å². The zero-order valence-electron chi connectivity index (χ0n) is 15.6. The lowest BCUT2D eigenvalue weighted by atomic mass is 10.0. The van der Waals surface area contributed by atoms with Crippen LogP contribution in [0.1, 0.15) is 37.5 Å². The number of imide groups is 1. The first kappa shape index (κ1) is 19.5. The molecular formula is C19H24N2O5. The Morgan fingerprint density at radius 1 is 1.12 bits per heavy atom. The number of rotatable bonds is 5. The third kappa shape index (κ3) is 4.84. The average molecular weight is 360 g/mol. The van der Waals surface area contributed by atoms with E-state index in [0.29, 0.717) is 11.1 Å². The molecule has 1 aromatic heterocycles. The fraction of sp³-hybridized carbons (Fsp3) is 0.421. The van der Waals surface area contributed by atoms with Gasteiger partial charge < -0.3 is 14.5 Å². The molecule has 3 amide bonds. The lowest BCUT2D eigenvalue weighted by Crippen LogP contribution is -2.46. The molecule has 7 nitrogen and oxygen atoms in total. The van der Waals surface area contributed by atoms with Gasteiger partial charge in [0.1, 0.15) is 5.58 Å². The maximum Gasteiger partial charge on any atom is 0.321 e. The fourth-order valence-corrected chi connectivity index (χ4v) is 2.43. The zero-order valence-corrected chi connectivity index (χ0v) is 15.6. The molecule has 1 aromatic carbocycles. The van der Waals surface area contributed by atoms with Gasteiger partial charge in [0.25, 0.3) is 5.91 Å². The molecule has 0 aliphatic heterocycles. The Morgan fingerprint density at radius 3 is 2.42 bits per heavy atom. The van der Waals surface area contributed by atoms with Gasteiger partial charge in [0.2, 0.25) is 0 Å². The van der Waals surface area contributed by atoms with Crippen molar-refractivity contribution in [2.75, 3.05) is 0 Å². The van der Waals surface area contributed by atoms with Crippen molar-refractivity contribution in [3.8, 4) is 0 Å². The maximum absolute atomic E-state index is 12.1. The minimum Gasteiger partial charge on any atom is -0.464 e. The van der Waals surface area contributed by atoms with E-state index in [1.807, 2.05) is 26.0 Å². The average Bonchev–Trinajstić information content (AvgIpc) is 2.88. The van der Waals surface area contributed by atoms with Gasteiger partial charge in [0.05, 0.1) is 12.7 Å². The van der Waals surface area contributed by atoms with Gasteiger partial charge in [-0.05, 0) is 57.9 Å². The second-order valence-electron chi connectivity index (χ2n) is 6.62. The molecule has 140 valence electrons. The molecule has 2 N–H and O–H groups in total. The number of ether oxygens (including phenoxy) is 1. The molecule has 1 atom stereocenters. The smallest absolute Gasteiger partial charge is 0.321 e. The number of hydrogen-bond acceptors (Lipinski definition) is 5. The Kier molecular flexibility index (Phi) is 6.02. The van der Waals surface area contributed by atoms with Gasteiger partial charge in [-0.1, -0.05) is 0 Å². The van der Waals surface area contributed by atoms with Gasteiger partial charge in [-0.25, -0.2) is 4.79 Å². The van der Waals surface area contributed by atoms with Crippen molar-refractivity contribution in [1.29, 1.82) is 0 Å². The van der Waals surface area contributed by atoms with E-state index in [1.54, 1.807) is 13.8 Å². The fourth-order valence-electron chi connectivity index (χ4n) is 2.43. The Morgan fingerprint density at radius 2 is 1.77 bits per heavy atom. The van der Waals surface area contributed by atoms with Crippen molar-refractivity contribution in [2.24, 2.45) is 0 Å². The third-order valence-corrected chi connectivity index (χ3v) is 3.94. The van der Waals surface area contributed by atoms with Crippen LogP contribution in [0.4, 0.5) is 4.79 Å². The van der Waals surface area contributed by atoms with Crippen molar-refractivity contribution in [2.45, 2.75) is 53.2 Å². The molecule has 0 saturated heterocycles. The van der Waals surface area contributed by atoms with Crippen molar-refractivity contribution in [1.82, 2.24) is 10.6 Å². The highest BCUT2D eigenvalue weighted by Gasteiger charge is 2.21. The topological polar surface area (TPSA) is 97.6 Å². The Bertz CT molecular complexity index is 838. The zero-order chi connectivity index (χ0) is 19.4. The molecule has 2 aromatic rings. The summed E-state index contributed by atoms with van der Waals surface area (Å²) >= 11 is 0. The molecule has 0 radical (unpaired) electrons. The first-order valence-corrected chi connectivity index (χ1v) is 8.45. The molecule has 0 aliphatic rings. The highest BCUT2D eigenvalue weighted by Crippen LogP contribution is 2.25. The Balaban J connectivity index is 1.97. The van der Waals surface area contributed by atoms with Crippen LogP contribution in [0.3, 0.4) is 0 Å². The van der Waals surface area contributed by atoms with Crippen LogP contribution in [0, 0.1) is 13.8 Å². The molecule has 1 heterocycles. The van der Waals surface area contributed by atoms with Crippen molar-refractivity contribution in [3.63, 3.8) is 0 Å². The molecule has 26 heavy (non-hydrogen) atoms. The second kappa shape index (κ2) is 8.03. The molecule has 0 unspecified atom stereocenters. The van der Waals surface area contributed by atoms with Crippen LogP contribution in [-0.2, 0) is 20.7 Å². The number of carbonyl (C=O) groups excluding carboxylic acids is 3. The van der Waals surface area contributed by atoms with Crippen LogP contribution in [0.15, 0.2) is 22.8 Å². The number of carbonyl (C=O) groups is 3. The summed E-state index contributed by atoms with van der Waals surface area (Å²) in [6.45, 7) is 8.92. The van der Waals surface area contributed by atoms with Crippen molar-refractivity contribution >= 4 is 28.9 Å². The molecular weight excluding hydrogens is 336 g/mol. The van der Waals surface area contributed by atoms with E-state index in [-0.39, 0.29) is 12.5 Å². The molecule has 0 bridgehead atoms.